The number of methoxy groups -OCH3 is 1. The van der Waals surface area contributed by atoms with Crippen LogP contribution in [0.5, 0.6) is 0 Å². The van der Waals surface area contributed by atoms with Crippen molar-refractivity contribution in [3.63, 3.8) is 0 Å². The molecule has 1 fully saturated rings. The molecule has 1 aliphatic rings. The van der Waals surface area contributed by atoms with Gasteiger partial charge in [0, 0.05) is 31.8 Å². The highest BCUT2D eigenvalue weighted by Gasteiger charge is 2.28. The lowest BCUT2D eigenvalue weighted by Gasteiger charge is -2.30. The van der Waals surface area contributed by atoms with E-state index in [9.17, 15) is 13.6 Å². The second kappa shape index (κ2) is 9.91. The van der Waals surface area contributed by atoms with E-state index in [-0.39, 0.29) is 55.5 Å². The molecule has 1 aliphatic carbocycles. The average molecular weight is 363 g/mol. The van der Waals surface area contributed by atoms with Crippen molar-refractivity contribution in [2.75, 3.05) is 13.7 Å². The molecule has 1 aromatic carbocycles. The molecule has 136 valence electrons. The summed E-state index contributed by atoms with van der Waals surface area (Å²) in [5.41, 5.74) is 5.78. The molecular formula is C17H25ClF2N2O2. The van der Waals surface area contributed by atoms with Crippen molar-refractivity contribution in [1.82, 2.24) is 4.90 Å². The summed E-state index contributed by atoms with van der Waals surface area (Å²) >= 11 is 0. The molecule has 0 heterocycles. The Morgan fingerprint density at radius 3 is 2.62 bits per heavy atom. The number of hydrogen-bond acceptors (Lipinski definition) is 3. The first-order chi connectivity index (χ1) is 11.0. The maximum Gasteiger partial charge on any atom is 0.225 e. The van der Waals surface area contributed by atoms with E-state index < -0.39 is 11.6 Å². The van der Waals surface area contributed by atoms with E-state index in [0.717, 1.165) is 43.9 Å². The molecule has 0 bridgehead atoms. The first kappa shape index (κ1) is 20.8. The van der Waals surface area contributed by atoms with Crippen molar-refractivity contribution in [3.8, 4) is 0 Å². The number of nitrogens with two attached hydrogens (primary N) is 1. The Labute approximate surface area is 147 Å². The SMILES string of the molecule is COC(CN)CC(=O)N(Cc1cc(F)ccc1F)C1CCCC1.Cl. The summed E-state index contributed by atoms with van der Waals surface area (Å²) < 4.78 is 32.5. The molecule has 24 heavy (non-hydrogen) atoms. The molecule has 1 aromatic rings. The van der Waals surface area contributed by atoms with Gasteiger partial charge in [0.15, 0.2) is 0 Å². The smallest absolute Gasteiger partial charge is 0.225 e. The second-order valence-electron chi connectivity index (χ2n) is 5.99. The van der Waals surface area contributed by atoms with Crippen molar-refractivity contribution in [2.45, 2.75) is 50.8 Å². The van der Waals surface area contributed by atoms with E-state index in [2.05, 4.69) is 0 Å². The van der Waals surface area contributed by atoms with E-state index in [4.69, 9.17) is 10.5 Å². The minimum Gasteiger partial charge on any atom is -0.380 e. The number of carbonyl (C=O) groups is 1. The number of rotatable bonds is 7. The summed E-state index contributed by atoms with van der Waals surface area (Å²) in [5, 5.41) is 0. The molecule has 0 aliphatic heterocycles. The highest BCUT2D eigenvalue weighted by atomic mass is 35.5. The van der Waals surface area contributed by atoms with E-state index in [0.29, 0.717) is 0 Å². The van der Waals surface area contributed by atoms with Gasteiger partial charge in [0.05, 0.1) is 12.5 Å². The molecule has 7 heteroatoms. The third-order valence-electron chi connectivity index (χ3n) is 4.43. The molecule has 0 radical (unpaired) electrons. The van der Waals surface area contributed by atoms with Gasteiger partial charge in [-0.15, -0.1) is 12.4 Å². The van der Waals surface area contributed by atoms with Gasteiger partial charge in [-0.05, 0) is 31.0 Å². The topological polar surface area (TPSA) is 55.6 Å². The van der Waals surface area contributed by atoms with Crippen LogP contribution in [0.3, 0.4) is 0 Å². The van der Waals surface area contributed by atoms with Crippen LogP contribution in [0.25, 0.3) is 0 Å². The Balaban J connectivity index is 0.00000288. The molecular weight excluding hydrogens is 338 g/mol. The minimum absolute atomic E-state index is 0. The Morgan fingerprint density at radius 2 is 2.04 bits per heavy atom. The van der Waals surface area contributed by atoms with Crippen LogP contribution in [0.2, 0.25) is 0 Å². The molecule has 4 nitrogen and oxygen atoms in total. The summed E-state index contributed by atoms with van der Waals surface area (Å²) in [6.07, 6.45) is 3.67. The minimum atomic E-state index is -0.503. The van der Waals surface area contributed by atoms with Gasteiger partial charge in [-0.3, -0.25) is 4.79 Å². The number of halogens is 3. The molecule has 1 saturated carbocycles. The van der Waals surface area contributed by atoms with E-state index in [1.807, 2.05) is 0 Å². The van der Waals surface area contributed by atoms with Crippen LogP contribution in [-0.2, 0) is 16.1 Å². The van der Waals surface area contributed by atoms with Crippen LogP contribution < -0.4 is 5.73 Å². The van der Waals surface area contributed by atoms with Crippen LogP contribution in [0, 0.1) is 11.6 Å². The lowest BCUT2D eigenvalue weighted by molar-refractivity contribution is -0.136. The summed E-state index contributed by atoms with van der Waals surface area (Å²) in [6, 6.07) is 3.40. The van der Waals surface area contributed by atoms with Crippen LogP contribution in [0.15, 0.2) is 18.2 Å². The molecule has 1 amide bonds. The van der Waals surface area contributed by atoms with Crippen molar-refractivity contribution in [3.05, 3.63) is 35.4 Å². The van der Waals surface area contributed by atoms with Gasteiger partial charge < -0.3 is 15.4 Å². The Morgan fingerprint density at radius 1 is 1.38 bits per heavy atom. The molecule has 0 aromatic heterocycles. The highest BCUT2D eigenvalue weighted by Crippen LogP contribution is 2.26. The van der Waals surface area contributed by atoms with Crippen molar-refractivity contribution in [2.24, 2.45) is 5.73 Å². The lowest BCUT2D eigenvalue weighted by atomic mass is 10.1. The van der Waals surface area contributed by atoms with Gasteiger partial charge in [-0.25, -0.2) is 8.78 Å². The molecule has 1 atom stereocenters. The lowest BCUT2D eigenvalue weighted by Crippen LogP contribution is -2.41. The normalized spacial score (nSPS) is 15.8. The van der Waals surface area contributed by atoms with E-state index in [1.165, 1.54) is 7.11 Å². The number of benzene rings is 1. The van der Waals surface area contributed by atoms with Gasteiger partial charge in [0.2, 0.25) is 5.91 Å². The fourth-order valence-electron chi connectivity index (χ4n) is 3.06. The van der Waals surface area contributed by atoms with Crippen molar-refractivity contribution in [1.29, 1.82) is 0 Å². The summed E-state index contributed by atoms with van der Waals surface area (Å²) in [5.74, 6) is -1.13. The zero-order valence-electron chi connectivity index (χ0n) is 13.8. The molecule has 0 spiro atoms. The first-order valence-corrected chi connectivity index (χ1v) is 8.01. The maximum absolute atomic E-state index is 13.9. The Hall–Kier alpha value is -1.24. The van der Waals surface area contributed by atoms with E-state index >= 15 is 0 Å². The fraction of sp³-hybridized carbons (Fsp3) is 0.588. The highest BCUT2D eigenvalue weighted by molar-refractivity contribution is 5.85. The van der Waals surface area contributed by atoms with Gasteiger partial charge in [-0.1, -0.05) is 12.8 Å². The van der Waals surface area contributed by atoms with Crippen LogP contribution in [0.4, 0.5) is 8.78 Å². The molecule has 2 rings (SSSR count). The van der Waals surface area contributed by atoms with Crippen LogP contribution >= 0.6 is 12.4 Å². The quantitative estimate of drug-likeness (QED) is 0.811. The number of nitrogens with zero attached hydrogens (tertiary/aromatic N) is 1. The van der Waals surface area contributed by atoms with Gasteiger partial charge in [0.25, 0.3) is 0 Å². The van der Waals surface area contributed by atoms with Crippen LogP contribution in [-0.4, -0.2) is 36.6 Å². The molecule has 1 unspecified atom stereocenters. The fourth-order valence-corrected chi connectivity index (χ4v) is 3.06. The average Bonchev–Trinajstić information content (AvgIpc) is 3.07. The number of amides is 1. The molecule has 2 N–H and O–H groups in total. The predicted molar refractivity (Wildman–Crippen MR) is 90.9 cm³/mol. The standard InChI is InChI=1S/C17H24F2N2O2.ClH/c1-23-15(10-20)9-17(22)21(14-4-2-3-5-14)11-12-8-13(18)6-7-16(12)19;/h6-8,14-15H,2-5,9-11,20H2,1H3;1H. The Bertz CT molecular complexity index is 535. The third-order valence-corrected chi connectivity index (χ3v) is 4.43. The number of hydrogen-bond donors (Lipinski definition) is 1. The van der Waals surface area contributed by atoms with Gasteiger partial charge in [0.1, 0.15) is 11.6 Å². The zero-order chi connectivity index (χ0) is 16.8. The number of carbonyl (C=O) groups excluding carboxylic acids is 1. The Kier molecular flexibility index (Phi) is 8.59. The summed E-state index contributed by atoms with van der Waals surface area (Å²) in [6.45, 7) is 0.323. The largest absolute Gasteiger partial charge is 0.380 e. The van der Waals surface area contributed by atoms with Gasteiger partial charge in [-0.2, -0.15) is 0 Å². The zero-order valence-corrected chi connectivity index (χ0v) is 14.7. The first-order valence-electron chi connectivity index (χ1n) is 8.01. The van der Waals surface area contributed by atoms with Crippen LogP contribution in [0.1, 0.15) is 37.7 Å². The molecule has 0 saturated heterocycles. The number of ether oxygens (including phenoxy) is 1. The van der Waals surface area contributed by atoms with Gasteiger partial charge >= 0.3 is 0 Å². The third kappa shape index (κ3) is 5.40. The predicted octanol–water partition coefficient (Wildman–Crippen LogP) is 3.02. The maximum atomic E-state index is 13.9. The summed E-state index contributed by atoms with van der Waals surface area (Å²) in [7, 11) is 1.51. The summed E-state index contributed by atoms with van der Waals surface area (Å²) in [4.78, 5) is 14.3. The monoisotopic (exact) mass is 362 g/mol. The van der Waals surface area contributed by atoms with Crippen molar-refractivity contribution < 1.29 is 18.3 Å². The van der Waals surface area contributed by atoms with E-state index in [1.54, 1.807) is 4.90 Å². The second-order valence-corrected chi connectivity index (χ2v) is 5.99. The van der Waals surface area contributed by atoms with Crippen molar-refractivity contribution >= 4 is 18.3 Å².